The maximum Gasteiger partial charge on any atom is 0.410 e. The number of hydrogen-bond acceptors (Lipinski definition) is 4. The minimum Gasteiger partial charge on any atom is -0.444 e. The standard InChI is InChI=1S/C17H26ClN3O2/c1-12-9-14(15(18)20-10-12)19-11-13-7-5-6-8-21(13)16(22)23-17(2,3)4/h9-10,13,19H,5-8,11H2,1-4H3. The van der Waals surface area contributed by atoms with E-state index in [4.69, 9.17) is 16.3 Å². The Morgan fingerprint density at radius 2 is 2.22 bits per heavy atom. The fourth-order valence-corrected chi connectivity index (χ4v) is 2.85. The number of piperidine rings is 1. The highest BCUT2D eigenvalue weighted by molar-refractivity contribution is 6.31. The second kappa shape index (κ2) is 7.39. The van der Waals surface area contributed by atoms with Crippen LogP contribution in [0.2, 0.25) is 5.15 Å². The van der Waals surface area contributed by atoms with Gasteiger partial charge in [-0.25, -0.2) is 9.78 Å². The molecule has 1 aliphatic heterocycles. The molecule has 128 valence electrons. The lowest BCUT2D eigenvalue weighted by molar-refractivity contribution is 0.0114. The van der Waals surface area contributed by atoms with Crippen LogP contribution in [0.4, 0.5) is 10.5 Å². The number of amides is 1. The van der Waals surface area contributed by atoms with Gasteiger partial charge in [-0.2, -0.15) is 0 Å². The highest BCUT2D eigenvalue weighted by Gasteiger charge is 2.30. The molecule has 1 N–H and O–H groups in total. The number of nitrogens with one attached hydrogen (secondary N) is 1. The molecule has 0 aliphatic carbocycles. The second-order valence-electron chi connectivity index (χ2n) is 7.06. The Labute approximate surface area is 143 Å². The quantitative estimate of drug-likeness (QED) is 0.837. The third-order valence-corrected chi connectivity index (χ3v) is 4.06. The summed E-state index contributed by atoms with van der Waals surface area (Å²) in [4.78, 5) is 18.4. The molecule has 1 amide bonds. The summed E-state index contributed by atoms with van der Waals surface area (Å²) >= 11 is 6.12. The first kappa shape index (κ1) is 17.9. The number of carbonyl (C=O) groups is 1. The molecule has 23 heavy (non-hydrogen) atoms. The molecule has 1 atom stereocenters. The zero-order valence-electron chi connectivity index (χ0n) is 14.4. The van der Waals surface area contributed by atoms with Gasteiger partial charge >= 0.3 is 6.09 Å². The van der Waals surface area contributed by atoms with Crippen molar-refractivity contribution in [2.24, 2.45) is 0 Å². The lowest BCUT2D eigenvalue weighted by Crippen LogP contribution is -2.48. The van der Waals surface area contributed by atoms with Crippen molar-refractivity contribution in [2.45, 2.75) is 58.6 Å². The SMILES string of the molecule is Cc1cnc(Cl)c(NCC2CCCCN2C(=O)OC(C)(C)C)c1. The number of ether oxygens (including phenoxy) is 1. The van der Waals surface area contributed by atoms with E-state index in [2.05, 4.69) is 10.3 Å². The number of aryl methyl sites for hydroxylation is 1. The van der Waals surface area contributed by atoms with Gasteiger partial charge in [0.05, 0.1) is 11.7 Å². The largest absolute Gasteiger partial charge is 0.444 e. The highest BCUT2D eigenvalue weighted by Crippen LogP contribution is 2.23. The van der Waals surface area contributed by atoms with Crippen LogP contribution in [0.3, 0.4) is 0 Å². The van der Waals surface area contributed by atoms with Crippen LogP contribution in [-0.4, -0.2) is 40.7 Å². The van der Waals surface area contributed by atoms with Gasteiger partial charge in [-0.05, 0) is 58.6 Å². The molecular weight excluding hydrogens is 314 g/mol. The highest BCUT2D eigenvalue weighted by atomic mass is 35.5. The van der Waals surface area contributed by atoms with E-state index in [0.717, 1.165) is 37.1 Å². The summed E-state index contributed by atoms with van der Waals surface area (Å²) in [6, 6.07) is 2.07. The van der Waals surface area contributed by atoms with Gasteiger partial charge in [0.25, 0.3) is 0 Å². The molecule has 1 fully saturated rings. The Hall–Kier alpha value is -1.49. The van der Waals surface area contributed by atoms with Gasteiger partial charge in [0.2, 0.25) is 0 Å². The van der Waals surface area contributed by atoms with Crippen molar-refractivity contribution in [2.75, 3.05) is 18.4 Å². The minimum absolute atomic E-state index is 0.107. The lowest BCUT2D eigenvalue weighted by atomic mass is 10.0. The number of rotatable bonds is 3. The fourth-order valence-electron chi connectivity index (χ4n) is 2.68. The predicted octanol–water partition coefficient (Wildman–Crippen LogP) is 4.24. The third-order valence-electron chi connectivity index (χ3n) is 3.76. The van der Waals surface area contributed by atoms with Crippen molar-refractivity contribution >= 4 is 23.4 Å². The van der Waals surface area contributed by atoms with E-state index in [0.29, 0.717) is 11.7 Å². The van der Waals surface area contributed by atoms with Crippen molar-refractivity contribution in [3.05, 3.63) is 23.0 Å². The molecule has 1 aliphatic rings. The average Bonchev–Trinajstić information content (AvgIpc) is 2.47. The normalized spacial score (nSPS) is 18.7. The van der Waals surface area contributed by atoms with Crippen molar-refractivity contribution in [1.29, 1.82) is 0 Å². The van der Waals surface area contributed by atoms with E-state index in [9.17, 15) is 4.79 Å². The van der Waals surface area contributed by atoms with Crippen molar-refractivity contribution in [1.82, 2.24) is 9.88 Å². The number of pyridine rings is 1. The molecule has 1 saturated heterocycles. The molecule has 0 spiro atoms. The zero-order valence-corrected chi connectivity index (χ0v) is 15.1. The van der Waals surface area contributed by atoms with Gasteiger partial charge in [-0.15, -0.1) is 0 Å². The molecule has 6 heteroatoms. The summed E-state index contributed by atoms with van der Waals surface area (Å²) in [7, 11) is 0. The number of anilines is 1. The maximum absolute atomic E-state index is 12.4. The smallest absolute Gasteiger partial charge is 0.410 e. The Morgan fingerprint density at radius 1 is 1.48 bits per heavy atom. The molecule has 1 unspecified atom stereocenters. The van der Waals surface area contributed by atoms with Gasteiger partial charge in [0, 0.05) is 19.3 Å². The van der Waals surface area contributed by atoms with E-state index >= 15 is 0 Å². The van der Waals surface area contributed by atoms with Gasteiger partial charge < -0.3 is 15.0 Å². The molecule has 1 aromatic rings. The van der Waals surface area contributed by atoms with Crippen LogP contribution in [0.25, 0.3) is 0 Å². The second-order valence-corrected chi connectivity index (χ2v) is 7.41. The molecular formula is C17H26ClN3O2. The van der Waals surface area contributed by atoms with Crippen molar-refractivity contribution in [3.8, 4) is 0 Å². The zero-order chi connectivity index (χ0) is 17.0. The van der Waals surface area contributed by atoms with Crippen LogP contribution in [0.1, 0.15) is 45.6 Å². The summed E-state index contributed by atoms with van der Waals surface area (Å²) in [6.45, 7) is 9.02. The third kappa shape index (κ3) is 5.27. The molecule has 0 radical (unpaired) electrons. The van der Waals surface area contributed by atoms with Gasteiger partial charge in [0.1, 0.15) is 5.60 Å². The fraction of sp³-hybridized carbons (Fsp3) is 0.647. The molecule has 2 rings (SSSR count). The van der Waals surface area contributed by atoms with Crippen LogP contribution < -0.4 is 5.32 Å². The Kier molecular flexibility index (Phi) is 5.74. The molecule has 2 heterocycles. The van der Waals surface area contributed by atoms with Gasteiger partial charge in [-0.1, -0.05) is 11.6 Å². The monoisotopic (exact) mass is 339 g/mol. The van der Waals surface area contributed by atoms with Crippen LogP contribution in [-0.2, 0) is 4.74 Å². The van der Waals surface area contributed by atoms with Gasteiger partial charge in [0.15, 0.2) is 5.15 Å². The maximum atomic E-state index is 12.4. The number of carbonyl (C=O) groups excluding carboxylic acids is 1. The van der Waals surface area contributed by atoms with Gasteiger partial charge in [-0.3, -0.25) is 0 Å². The Balaban J connectivity index is 2.01. The van der Waals surface area contributed by atoms with E-state index in [1.807, 2.05) is 38.7 Å². The average molecular weight is 340 g/mol. The molecule has 5 nitrogen and oxygen atoms in total. The van der Waals surface area contributed by atoms with E-state index in [1.54, 1.807) is 6.20 Å². The van der Waals surface area contributed by atoms with E-state index < -0.39 is 5.60 Å². The van der Waals surface area contributed by atoms with Crippen molar-refractivity contribution < 1.29 is 9.53 Å². The predicted molar refractivity (Wildman–Crippen MR) is 93.1 cm³/mol. The number of aromatic nitrogens is 1. The van der Waals surface area contributed by atoms with E-state index in [-0.39, 0.29) is 12.1 Å². The van der Waals surface area contributed by atoms with Crippen LogP contribution in [0, 0.1) is 6.92 Å². The first-order valence-corrected chi connectivity index (χ1v) is 8.50. The summed E-state index contributed by atoms with van der Waals surface area (Å²) < 4.78 is 5.52. The van der Waals surface area contributed by atoms with Crippen molar-refractivity contribution in [3.63, 3.8) is 0 Å². The molecule has 0 saturated carbocycles. The minimum atomic E-state index is -0.476. The number of hydrogen-bond donors (Lipinski definition) is 1. The number of likely N-dealkylation sites (tertiary alicyclic amines) is 1. The van der Waals surface area contributed by atoms with E-state index in [1.165, 1.54) is 0 Å². The molecule has 0 aromatic carbocycles. The summed E-state index contributed by atoms with van der Waals surface area (Å²) in [5, 5.41) is 3.78. The summed E-state index contributed by atoms with van der Waals surface area (Å²) in [5.74, 6) is 0. The lowest BCUT2D eigenvalue weighted by Gasteiger charge is -2.37. The van der Waals surface area contributed by atoms with Crippen LogP contribution >= 0.6 is 11.6 Å². The topological polar surface area (TPSA) is 54.5 Å². The van der Waals surface area contributed by atoms with Crippen LogP contribution in [0.5, 0.6) is 0 Å². The summed E-state index contributed by atoms with van der Waals surface area (Å²) in [5.41, 5.74) is 1.38. The summed E-state index contributed by atoms with van der Waals surface area (Å²) in [6.07, 6.45) is 4.59. The number of halogens is 1. The molecule has 1 aromatic heterocycles. The number of nitrogens with zero attached hydrogens (tertiary/aromatic N) is 2. The first-order valence-electron chi connectivity index (χ1n) is 8.12. The Bertz CT molecular complexity index is 557. The first-order chi connectivity index (χ1) is 10.8. The van der Waals surface area contributed by atoms with Crippen LogP contribution in [0.15, 0.2) is 12.3 Å². The molecule has 0 bridgehead atoms. The Morgan fingerprint density at radius 3 is 2.91 bits per heavy atom.